The number of allylic oxidation sites excluding steroid dienone is 3. The summed E-state index contributed by atoms with van der Waals surface area (Å²) in [6, 6.07) is 0. The van der Waals surface area contributed by atoms with Crippen LogP contribution >= 0.6 is 0 Å². The van der Waals surface area contributed by atoms with Gasteiger partial charge in [0.25, 0.3) is 0 Å². The molecule has 3 N–H and O–H groups in total. The zero-order chi connectivity index (χ0) is 42.6. The van der Waals surface area contributed by atoms with Gasteiger partial charge in [-0.3, -0.25) is 4.79 Å². The van der Waals surface area contributed by atoms with E-state index in [-0.39, 0.29) is 24.5 Å². The van der Waals surface area contributed by atoms with E-state index in [2.05, 4.69) is 59.8 Å². The van der Waals surface area contributed by atoms with Crippen LogP contribution in [0, 0.1) is 46.3 Å². The zero-order valence-electron chi connectivity index (χ0n) is 38.9. The molecule has 0 aromatic carbocycles. The molecule has 3 saturated carbocycles. The number of carbonyl (C=O) groups is 1. The van der Waals surface area contributed by atoms with Gasteiger partial charge in [0.15, 0.2) is 6.29 Å². The lowest BCUT2D eigenvalue weighted by atomic mass is 9.47. The van der Waals surface area contributed by atoms with E-state index in [0.717, 1.165) is 87.4 Å². The average molecular weight is 814 g/mol. The van der Waals surface area contributed by atoms with Gasteiger partial charge >= 0.3 is 5.97 Å². The second-order valence-corrected chi connectivity index (χ2v) is 20.6. The Hall–Kier alpha value is -1.25. The molecule has 0 radical (unpaired) electrons. The maximum absolute atomic E-state index is 12.7. The van der Waals surface area contributed by atoms with Crippen LogP contribution in [0.15, 0.2) is 23.8 Å². The van der Waals surface area contributed by atoms with Crippen LogP contribution in [-0.4, -0.2) is 64.7 Å². The summed E-state index contributed by atoms with van der Waals surface area (Å²) in [6.45, 7) is 14.4. The molecular weight excluding hydrogens is 725 g/mol. The zero-order valence-corrected chi connectivity index (χ0v) is 37.9. The van der Waals surface area contributed by atoms with Crippen LogP contribution in [0.5, 0.6) is 0 Å². The lowest BCUT2D eigenvalue weighted by Gasteiger charge is -2.58. The highest BCUT2D eigenvalue weighted by atomic mass is 16.7. The van der Waals surface area contributed by atoms with Gasteiger partial charge in [-0.05, 0) is 130 Å². The van der Waals surface area contributed by atoms with Crippen molar-refractivity contribution in [1.82, 2.24) is 0 Å². The molecule has 2 unspecified atom stereocenters. The van der Waals surface area contributed by atoms with Crippen LogP contribution in [-0.2, 0) is 19.0 Å². The first kappa shape index (κ1) is 46.3. The van der Waals surface area contributed by atoms with E-state index in [1.165, 1.54) is 89.0 Å². The highest BCUT2D eigenvalue weighted by Crippen LogP contribution is 2.67. The minimum absolute atomic E-state index is 0.0258. The molecule has 58 heavy (non-hydrogen) atoms. The molecule has 14 atom stereocenters. The number of esters is 1. The largest absolute Gasteiger partial charge is 0.463 e. The summed E-state index contributed by atoms with van der Waals surface area (Å²) in [5.41, 5.74) is 2.09. The van der Waals surface area contributed by atoms with Gasteiger partial charge in [0.2, 0.25) is 0 Å². The Morgan fingerprint density at radius 1 is 0.862 bits per heavy atom. The second-order valence-electron chi connectivity index (χ2n) is 20.6. The van der Waals surface area contributed by atoms with Crippen LogP contribution in [0.2, 0.25) is 0 Å². The van der Waals surface area contributed by atoms with E-state index in [9.17, 15) is 20.1 Å². The van der Waals surface area contributed by atoms with Gasteiger partial charge in [-0.15, -0.1) is 0 Å². The van der Waals surface area contributed by atoms with Gasteiger partial charge in [-0.25, -0.2) is 0 Å². The van der Waals surface area contributed by atoms with E-state index in [1.54, 1.807) is 0 Å². The van der Waals surface area contributed by atoms with Crippen molar-refractivity contribution in [2.24, 2.45) is 46.3 Å². The molecule has 334 valence electrons. The summed E-state index contributed by atoms with van der Waals surface area (Å²) in [5, 5.41) is 32.5. The number of ether oxygens (including phenoxy) is 3. The van der Waals surface area contributed by atoms with Crippen molar-refractivity contribution >= 4 is 5.97 Å². The van der Waals surface area contributed by atoms with Gasteiger partial charge in [-0.1, -0.05) is 136 Å². The third-order valence-electron chi connectivity index (χ3n) is 16.1. The van der Waals surface area contributed by atoms with Crippen LogP contribution in [0.3, 0.4) is 0 Å². The third-order valence-corrected chi connectivity index (χ3v) is 16.1. The number of rotatable bonds is 24. The van der Waals surface area contributed by atoms with Crippen molar-refractivity contribution in [3.8, 4) is 0 Å². The van der Waals surface area contributed by atoms with Crippen molar-refractivity contribution in [3.63, 3.8) is 0 Å². The molecule has 7 heteroatoms. The number of fused-ring (bicyclic) bond motifs is 5. The summed E-state index contributed by atoms with van der Waals surface area (Å²) >= 11 is 0. The fraction of sp³-hybridized carbons (Fsp3) is 0.902. The summed E-state index contributed by atoms with van der Waals surface area (Å²) in [4.78, 5) is 12.7. The number of carbonyl (C=O) groups excluding carboxylic acids is 1. The Morgan fingerprint density at radius 2 is 1.57 bits per heavy atom. The van der Waals surface area contributed by atoms with Crippen molar-refractivity contribution in [1.29, 1.82) is 0 Å². The van der Waals surface area contributed by atoms with Gasteiger partial charge in [0, 0.05) is 7.79 Å². The first-order chi connectivity index (χ1) is 28.3. The van der Waals surface area contributed by atoms with E-state index in [4.69, 9.17) is 15.6 Å². The molecule has 1 saturated heterocycles. The Bertz CT molecular complexity index is 1320. The van der Waals surface area contributed by atoms with Crippen molar-refractivity contribution < 1.29 is 35.7 Å². The van der Waals surface area contributed by atoms with Crippen LogP contribution < -0.4 is 0 Å². The highest BCUT2D eigenvalue weighted by molar-refractivity contribution is 5.69. The quantitative estimate of drug-likeness (QED) is 0.0506. The lowest BCUT2D eigenvalue weighted by molar-refractivity contribution is -0.313. The number of unbranched alkanes of at least 4 members (excludes halogenated alkanes) is 9. The minimum Gasteiger partial charge on any atom is -0.463 e. The number of hydrogen-bond acceptors (Lipinski definition) is 7. The number of hydrogen-bond donors (Lipinski definition) is 3. The molecule has 5 rings (SSSR count). The molecule has 4 aliphatic carbocycles. The fourth-order valence-electron chi connectivity index (χ4n) is 12.6. The molecule has 7 nitrogen and oxygen atoms in total. The summed E-state index contributed by atoms with van der Waals surface area (Å²) in [6.07, 6.45) is 27.0. The summed E-state index contributed by atoms with van der Waals surface area (Å²) in [7, 11) is 0. The topological polar surface area (TPSA) is 105 Å². The summed E-state index contributed by atoms with van der Waals surface area (Å²) < 4.78 is 26.3. The molecule has 0 aromatic rings. The maximum atomic E-state index is 12.7. The normalized spacial score (nSPS) is 37.5. The third kappa shape index (κ3) is 12.4. The van der Waals surface area contributed by atoms with Crippen molar-refractivity contribution in [3.05, 3.63) is 23.8 Å². The van der Waals surface area contributed by atoms with Gasteiger partial charge < -0.3 is 29.5 Å². The first-order valence-corrected chi connectivity index (χ1v) is 24.6. The Kier molecular flexibility index (Phi) is 18.6. The van der Waals surface area contributed by atoms with Gasteiger partial charge in [0.1, 0.15) is 31.0 Å². The Labute approximate surface area is 356 Å². The van der Waals surface area contributed by atoms with Crippen molar-refractivity contribution in [2.45, 2.75) is 239 Å². The SMILES string of the molecule is [2H]C(CCCCC/C=C\CCCCCCCC)CC(=O)OC[C@H]1OC(O[C@H]2CC[C@@]3(C)C(=CC[C@H]4[C@@H]5CC[C@H]([C@H](C)CCCC(C)C)[C@@]5(C)CC[C@@H]43)C2)[C@H](O)[C@@H](O)[C@H]1O. The molecule has 0 amide bonds. The van der Waals surface area contributed by atoms with E-state index >= 15 is 0 Å². The summed E-state index contributed by atoms with van der Waals surface area (Å²) in [5.74, 6) is 4.17. The Balaban J connectivity index is 1.03. The number of aliphatic hydroxyl groups is 3. The second kappa shape index (κ2) is 23.3. The Morgan fingerprint density at radius 3 is 2.29 bits per heavy atom. The predicted molar refractivity (Wildman–Crippen MR) is 235 cm³/mol. The van der Waals surface area contributed by atoms with Crippen molar-refractivity contribution in [2.75, 3.05) is 6.61 Å². The molecule has 0 spiro atoms. The average Bonchev–Trinajstić information content (AvgIpc) is 3.56. The van der Waals surface area contributed by atoms with Crippen LogP contribution in [0.4, 0.5) is 0 Å². The minimum atomic E-state index is -1.49. The molecule has 0 aromatic heterocycles. The first-order valence-electron chi connectivity index (χ1n) is 25.1. The molecule has 1 heterocycles. The van der Waals surface area contributed by atoms with Gasteiger partial charge in [0.05, 0.1) is 6.10 Å². The molecule has 0 bridgehead atoms. The fourth-order valence-corrected chi connectivity index (χ4v) is 12.6. The van der Waals surface area contributed by atoms with Gasteiger partial charge in [-0.2, -0.15) is 0 Å². The van der Waals surface area contributed by atoms with E-state index in [1.807, 2.05) is 0 Å². The molecule has 5 aliphatic rings. The van der Waals surface area contributed by atoms with Crippen LogP contribution in [0.1, 0.15) is 203 Å². The number of aliphatic hydroxyl groups excluding tert-OH is 3. The molecular formula is C51H88O7. The maximum Gasteiger partial charge on any atom is 0.305 e. The predicted octanol–water partition coefficient (Wildman–Crippen LogP) is 11.8. The van der Waals surface area contributed by atoms with E-state index < -0.39 is 43.1 Å². The highest BCUT2D eigenvalue weighted by Gasteiger charge is 2.59. The monoisotopic (exact) mass is 814 g/mol. The molecule has 4 fully saturated rings. The van der Waals surface area contributed by atoms with Crippen LogP contribution in [0.25, 0.3) is 0 Å². The smallest absolute Gasteiger partial charge is 0.305 e. The molecule has 1 aliphatic heterocycles. The lowest BCUT2D eigenvalue weighted by Crippen LogP contribution is -2.60. The standard InChI is InChI=1S/C51H88O7/c1-7-8-9-10-11-12-13-14-15-16-17-18-19-20-21-25-45(52)56-35-44-46(53)47(54)48(55)49(58-44)57-39-30-32-50(5)38(34-39)26-27-40-42-29-28-41(37(4)24-22-23-36(2)3)51(42,6)33-31-43(40)50/h14-15,26,36-37,39-44,46-49,53-55H,7-13,16-25,27-35H2,1-6H3/b15-14-/t37-,39+,40+,41-,42+,43+,44-,46+,47+,48-,49?,50+,51-/m1/s1/i21D/t21?,37-,39+,40+,41-,42+,43+,44-,46+,47+,48-,49?,50+,51-. The van der Waals surface area contributed by atoms with E-state index in [0.29, 0.717) is 17.8 Å².